The number of nitriles is 1. The maximum absolute atomic E-state index is 12.0. The first-order valence-corrected chi connectivity index (χ1v) is 9.44. The second-order valence-corrected chi connectivity index (χ2v) is 6.56. The fourth-order valence-corrected chi connectivity index (χ4v) is 3.16. The normalized spacial score (nSPS) is 13.7. The highest BCUT2D eigenvalue weighted by atomic mass is 32.2. The molecule has 1 saturated heterocycles. The number of benzene rings is 1. The van der Waals surface area contributed by atoms with Crippen LogP contribution in [0.2, 0.25) is 0 Å². The molecule has 1 aromatic carbocycles. The van der Waals surface area contributed by atoms with Crippen molar-refractivity contribution in [2.45, 2.75) is 18.0 Å². The van der Waals surface area contributed by atoms with Gasteiger partial charge in [0.05, 0.1) is 12.2 Å². The summed E-state index contributed by atoms with van der Waals surface area (Å²) in [5, 5.41) is 9.70. The Balaban J connectivity index is 1.72. The predicted octanol–water partition coefficient (Wildman–Crippen LogP) is 2.03. The number of ether oxygens (including phenoxy) is 1. The number of rotatable bonds is 6. The lowest BCUT2D eigenvalue weighted by Crippen LogP contribution is -2.29. The molecule has 26 heavy (non-hydrogen) atoms. The van der Waals surface area contributed by atoms with E-state index in [1.807, 2.05) is 6.07 Å². The third-order valence-corrected chi connectivity index (χ3v) is 4.71. The Morgan fingerprint density at radius 3 is 2.73 bits per heavy atom. The Bertz CT molecular complexity index is 902. The van der Waals surface area contributed by atoms with Crippen molar-refractivity contribution in [1.29, 1.82) is 5.26 Å². The minimum absolute atomic E-state index is 0.0102. The smallest absolute Gasteiger partial charge is 0.270 e. The summed E-state index contributed by atoms with van der Waals surface area (Å²) >= 11 is 1.30. The third kappa shape index (κ3) is 3.89. The molecule has 3 rings (SSSR count). The van der Waals surface area contributed by atoms with Crippen LogP contribution in [0.3, 0.4) is 0 Å². The first kappa shape index (κ1) is 18.0. The van der Waals surface area contributed by atoms with Gasteiger partial charge in [0.1, 0.15) is 24.0 Å². The molecule has 8 heteroatoms. The van der Waals surface area contributed by atoms with Crippen LogP contribution in [-0.2, 0) is 4.79 Å². The largest absolute Gasteiger partial charge is 0.492 e. The maximum Gasteiger partial charge on any atom is 0.270 e. The van der Waals surface area contributed by atoms with E-state index in [0.717, 1.165) is 13.0 Å². The van der Waals surface area contributed by atoms with Crippen LogP contribution < -0.4 is 10.3 Å². The van der Waals surface area contributed by atoms with Gasteiger partial charge in [-0.15, -0.1) is 0 Å². The highest BCUT2D eigenvalue weighted by molar-refractivity contribution is 7.98. The fourth-order valence-electron chi connectivity index (χ4n) is 2.79. The summed E-state index contributed by atoms with van der Waals surface area (Å²) in [6.45, 7) is 1.80. The molecule has 0 saturated carbocycles. The van der Waals surface area contributed by atoms with Crippen molar-refractivity contribution >= 4 is 17.7 Å². The van der Waals surface area contributed by atoms with Gasteiger partial charge >= 0.3 is 0 Å². The third-order valence-electron chi connectivity index (χ3n) is 4.13. The van der Waals surface area contributed by atoms with Gasteiger partial charge in [0.25, 0.3) is 5.56 Å². The van der Waals surface area contributed by atoms with Crippen molar-refractivity contribution in [3.8, 4) is 23.1 Å². The minimum Gasteiger partial charge on any atom is -0.492 e. The molecular weight excluding hydrogens is 352 g/mol. The van der Waals surface area contributed by atoms with Gasteiger partial charge in [0.15, 0.2) is 5.16 Å². The quantitative estimate of drug-likeness (QED) is 0.617. The van der Waals surface area contributed by atoms with Crippen LogP contribution in [0.1, 0.15) is 18.4 Å². The SMILES string of the molecule is CSc1nc(-c2ccc(OCCN3CCCC3=O)cc2)c(C#N)c(=O)[nH]1. The van der Waals surface area contributed by atoms with Crippen molar-refractivity contribution in [2.75, 3.05) is 26.0 Å². The molecular formula is C18H18N4O3S. The van der Waals surface area contributed by atoms with E-state index >= 15 is 0 Å². The van der Waals surface area contributed by atoms with Gasteiger partial charge in [0, 0.05) is 18.5 Å². The molecule has 0 spiro atoms. The van der Waals surface area contributed by atoms with E-state index in [0.29, 0.717) is 41.7 Å². The van der Waals surface area contributed by atoms with Crippen LogP contribution in [0.4, 0.5) is 0 Å². The highest BCUT2D eigenvalue weighted by Crippen LogP contribution is 2.23. The number of likely N-dealkylation sites (tertiary alicyclic amines) is 1. The van der Waals surface area contributed by atoms with Gasteiger partial charge < -0.3 is 14.6 Å². The summed E-state index contributed by atoms with van der Waals surface area (Å²) in [6, 6.07) is 8.98. The number of thioether (sulfide) groups is 1. The molecule has 0 radical (unpaired) electrons. The lowest BCUT2D eigenvalue weighted by molar-refractivity contribution is -0.128. The zero-order valence-electron chi connectivity index (χ0n) is 14.3. The fraction of sp³-hybridized carbons (Fsp3) is 0.333. The molecule has 1 amide bonds. The van der Waals surface area contributed by atoms with Gasteiger partial charge in [0.2, 0.25) is 5.91 Å². The summed E-state index contributed by atoms with van der Waals surface area (Å²) in [6.07, 6.45) is 3.34. The van der Waals surface area contributed by atoms with E-state index in [1.54, 1.807) is 35.4 Å². The zero-order chi connectivity index (χ0) is 18.5. The molecule has 2 heterocycles. The molecule has 1 fully saturated rings. The Labute approximate surface area is 155 Å². The highest BCUT2D eigenvalue weighted by Gasteiger charge is 2.19. The van der Waals surface area contributed by atoms with Gasteiger partial charge in [-0.2, -0.15) is 5.26 Å². The van der Waals surface area contributed by atoms with Crippen molar-refractivity contribution in [1.82, 2.24) is 14.9 Å². The van der Waals surface area contributed by atoms with E-state index in [4.69, 9.17) is 4.74 Å². The van der Waals surface area contributed by atoms with Gasteiger partial charge in [-0.25, -0.2) is 4.98 Å². The molecule has 1 N–H and O–H groups in total. The topological polar surface area (TPSA) is 99.1 Å². The van der Waals surface area contributed by atoms with Crippen molar-refractivity contribution in [2.24, 2.45) is 0 Å². The number of amides is 1. The lowest BCUT2D eigenvalue weighted by atomic mass is 10.1. The molecule has 1 aliphatic rings. The van der Waals surface area contributed by atoms with E-state index in [2.05, 4.69) is 9.97 Å². The Hall–Kier alpha value is -2.79. The summed E-state index contributed by atoms with van der Waals surface area (Å²) < 4.78 is 5.68. The molecule has 1 aromatic heterocycles. The van der Waals surface area contributed by atoms with Crippen molar-refractivity contribution in [3.63, 3.8) is 0 Å². The number of nitrogens with one attached hydrogen (secondary N) is 1. The summed E-state index contributed by atoms with van der Waals surface area (Å²) in [4.78, 5) is 32.3. The summed E-state index contributed by atoms with van der Waals surface area (Å²) in [5.74, 6) is 0.840. The number of nitrogens with zero attached hydrogens (tertiary/aromatic N) is 3. The number of aromatic nitrogens is 2. The maximum atomic E-state index is 12.0. The van der Waals surface area contributed by atoms with E-state index in [9.17, 15) is 14.9 Å². The predicted molar refractivity (Wildman–Crippen MR) is 98.1 cm³/mol. The van der Waals surface area contributed by atoms with Crippen LogP contribution in [-0.4, -0.2) is 46.7 Å². The zero-order valence-corrected chi connectivity index (χ0v) is 15.1. The number of aromatic amines is 1. The van der Waals surface area contributed by atoms with Gasteiger partial charge in [-0.05, 0) is 36.9 Å². The lowest BCUT2D eigenvalue weighted by Gasteiger charge is -2.15. The molecule has 0 unspecified atom stereocenters. The second kappa shape index (κ2) is 8.06. The van der Waals surface area contributed by atoms with Crippen LogP contribution in [0, 0.1) is 11.3 Å². The average molecular weight is 370 g/mol. The van der Waals surface area contributed by atoms with Crippen LogP contribution in [0.5, 0.6) is 5.75 Å². The second-order valence-electron chi connectivity index (χ2n) is 5.77. The molecule has 134 valence electrons. The number of hydrogen-bond acceptors (Lipinski definition) is 6. The van der Waals surface area contributed by atoms with Gasteiger partial charge in [-0.1, -0.05) is 11.8 Å². The molecule has 0 bridgehead atoms. The van der Waals surface area contributed by atoms with Crippen LogP contribution in [0.15, 0.2) is 34.2 Å². The Morgan fingerprint density at radius 2 is 2.12 bits per heavy atom. The standard InChI is InChI=1S/C18H18N4O3S/c1-26-18-20-16(14(11-19)17(24)21-18)12-4-6-13(7-5-12)25-10-9-22-8-2-3-15(22)23/h4-7H,2-3,8-10H2,1H3,(H,20,21,24). The minimum atomic E-state index is -0.447. The molecule has 1 aliphatic heterocycles. The van der Waals surface area contributed by atoms with Crippen LogP contribution >= 0.6 is 11.8 Å². The Morgan fingerprint density at radius 1 is 1.35 bits per heavy atom. The van der Waals surface area contributed by atoms with Crippen LogP contribution in [0.25, 0.3) is 11.3 Å². The molecule has 0 atom stereocenters. The monoisotopic (exact) mass is 370 g/mol. The Kier molecular flexibility index (Phi) is 5.58. The van der Waals surface area contributed by atoms with E-state index in [-0.39, 0.29) is 11.5 Å². The van der Waals surface area contributed by atoms with Crippen molar-refractivity contribution < 1.29 is 9.53 Å². The first-order chi connectivity index (χ1) is 12.6. The van der Waals surface area contributed by atoms with E-state index in [1.165, 1.54) is 11.8 Å². The van der Waals surface area contributed by atoms with Gasteiger partial charge in [-0.3, -0.25) is 9.59 Å². The molecule has 2 aromatic rings. The summed E-state index contributed by atoms with van der Waals surface area (Å²) in [7, 11) is 0. The first-order valence-electron chi connectivity index (χ1n) is 8.22. The van der Waals surface area contributed by atoms with E-state index < -0.39 is 5.56 Å². The number of carbonyl (C=O) groups is 1. The molecule has 7 nitrogen and oxygen atoms in total. The summed E-state index contributed by atoms with van der Waals surface area (Å²) in [5.41, 5.74) is 0.571. The number of hydrogen-bond donors (Lipinski definition) is 1. The molecule has 0 aliphatic carbocycles. The van der Waals surface area contributed by atoms with Crippen molar-refractivity contribution in [3.05, 3.63) is 40.2 Å². The number of H-pyrrole nitrogens is 1. The average Bonchev–Trinajstić information content (AvgIpc) is 3.06. The number of carbonyl (C=O) groups excluding carboxylic acids is 1.